The topological polar surface area (TPSA) is 148 Å². The number of hydrogen-bond donors (Lipinski definition) is 4. The van der Waals surface area contributed by atoms with Gasteiger partial charge in [0.25, 0.3) is 5.91 Å². The molecule has 4 N–H and O–H groups in total. The Kier molecular flexibility index (Phi) is 11.9. The first-order valence-corrected chi connectivity index (χ1v) is 11.7. The Bertz CT molecular complexity index is 782. The van der Waals surface area contributed by atoms with Crippen LogP contribution >= 0.6 is 0 Å². The smallest absolute Gasteiger partial charge is 0.253 e. The lowest BCUT2D eigenvalue weighted by Crippen LogP contribution is -2.60. The molecule has 0 radical (unpaired) electrons. The molecule has 0 saturated carbocycles. The van der Waals surface area contributed by atoms with E-state index in [-0.39, 0.29) is 24.2 Å². The maximum Gasteiger partial charge on any atom is 0.253 e. The lowest BCUT2D eigenvalue weighted by atomic mass is 9.85. The van der Waals surface area contributed by atoms with Gasteiger partial charge in [-0.1, -0.05) is 41.5 Å². The van der Waals surface area contributed by atoms with Gasteiger partial charge in [0.05, 0.1) is 12.5 Å². The first-order valence-electron chi connectivity index (χ1n) is 11.7. The minimum Gasteiger partial charge on any atom is -0.381 e. The van der Waals surface area contributed by atoms with Gasteiger partial charge in [-0.25, -0.2) is 0 Å². The van der Waals surface area contributed by atoms with Crippen molar-refractivity contribution in [2.24, 2.45) is 10.8 Å². The van der Waals surface area contributed by atoms with Crippen molar-refractivity contribution in [2.75, 3.05) is 28.2 Å². The number of carbonyl (C=O) groups excluding carboxylic acids is 5. The Balaban J connectivity index is 5.77. The monoisotopic (exact) mass is 499 g/mol. The summed E-state index contributed by atoms with van der Waals surface area (Å²) in [4.78, 5) is 65.7. The Morgan fingerprint density at radius 1 is 0.800 bits per heavy atom. The summed E-state index contributed by atoms with van der Waals surface area (Å²) < 4.78 is 0. The fourth-order valence-electron chi connectivity index (χ4n) is 3.07. The van der Waals surface area contributed by atoms with Crippen molar-refractivity contribution in [3.05, 3.63) is 0 Å². The van der Waals surface area contributed by atoms with Crippen LogP contribution in [0.1, 0.15) is 61.3 Å². The van der Waals surface area contributed by atoms with Crippen LogP contribution in [0.5, 0.6) is 0 Å². The normalized spacial score (nSPS) is 15.2. The summed E-state index contributed by atoms with van der Waals surface area (Å²) in [5, 5.41) is 18.1. The summed E-state index contributed by atoms with van der Waals surface area (Å²) in [7, 11) is 5.98. The average molecular weight is 500 g/mol. The molecular formula is C24H45N5O6. The van der Waals surface area contributed by atoms with Crippen LogP contribution in [0.15, 0.2) is 0 Å². The molecule has 4 atom stereocenters. The van der Waals surface area contributed by atoms with Gasteiger partial charge >= 0.3 is 0 Å². The molecule has 35 heavy (non-hydrogen) atoms. The summed E-state index contributed by atoms with van der Waals surface area (Å²) >= 11 is 0. The standard InChI is InChI=1S/C24H45N5O6/c1-14(18(32)22(35)29(10)11)25-20(33)15(12-17(31)28(8)9)26-21(34)19(24(5,6)7)27-16(30)13-23(2,3)4/h14-15,18-19,32H,12-13H2,1-11H3,(H,25,33)(H,26,34)(H,27,30)/t14?,15-,18?,19+/m0/s1. The Morgan fingerprint density at radius 3 is 1.71 bits per heavy atom. The average Bonchev–Trinajstić information content (AvgIpc) is 2.67. The predicted molar refractivity (Wildman–Crippen MR) is 133 cm³/mol. The lowest BCUT2D eigenvalue weighted by molar-refractivity contribution is -0.141. The highest BCUT2D eigenvalue weighted by Gasteiger charge is 2.37. The summed E-state index contributed by atoms with van der Waals surface area (Å²) in [5.74, 6) is -2.68. The molecule has 0 fully saturated rings. The Labute approximate surface area is 209 Å². The van der Waals surface area contributed by atoms with Crippen molar-refractivity contribution >= 4 is 29.5 Å². The minimum absolute atomic E-state index is 0.200. The molecule has 0 aromatic carbocycles. The third-order valence-electron chi connectivity index (χ3n) is 5.17. The zero-order valence-electron chi connectivity index (χ0n) is 23.1. The summed E-state index contributed by atoms with van der Waals surface area (Å²) in [6.07, 6.45) is -1.65. The van der Waals surface area contributed by atoms with Gasteiger partial charge in [0.15, 0.2) is 6.10 Å². The van der Waals surface area contributed by atoms with Gasteiger partial charge < -0.3 is 30.9 Å². The van der Waals surface area contributed by atoms with Crippen molar-refractivity contribution in [1.29, 1.82) is 0 Å². The first-order chi connectivity index (χ1) is 15.7. The zero-order valence-corrected chi connectivity index (χ0v) is 23.1. The van der Waals surface area contributed by atoms with Crippen molar-refractivity contribution < 1.29 is 29.1 Å². The highest BCUT2D eigenvalue weighted by atomic mass is 16.3. The minimum atomic E-state index is -1.51. The van der Waals surface area contributed by atoms with Gasteiger partial charge in [0.2, 0.25) is 23.6 Å². The van der Waals surface area contributed by atoms with Gasteiger partial charge in [-0.05, 0) is 17.8 Å². The van der Waals surface area contributed by atoms with E-state index in [2.05, 4.69) is 16.0 Å². The number of aliphatic hydroxyl groups excluding tert-OH is 1. The summed E-state index contributed by atoms with van der Waals surface area (Å²) in [6, 6.07) is -3.23. The number of hydrogen-bond acceptors (Lipinski definition) is 6. The molecule has 2 unspecified atom stereocenters. The van der Waals surface area contributed by atoms with E-state index in [9.17, 15) is 29.1 Å². The maximum atomic E-state index is 13.2. The second kappa shape index (κ2) is 12.9. The second-order valence-corrected chi connectivity index (χ2v) is 11.6. The number of carbonyl (C=O) groups is 5. The predicted octanol–water partition coefficient (Wildman–Crippen LogP) is -0.130. The second-order valence-electron chi connectivity index (χ2n) is 11.6. The molecule has 0 aromatic heterocycles. The number of nitrogens with one attached hydrogen (secondary N) is 3. The number of nitrogens with zero attached hydrogens (tertiary/aromatic N) is 2. The summed E-state index contributed by atoms with van der Waals surface area (Å²) in [5.41, 5.74) is -0.976. The van der Waals surface area contributed by atoms with E-state index in [1.165, 1.54) is 44.9 Å². The molecular weight excluding hydrogens is 454 g/mol. The van der Waals surface area contributed by atoms with E-state index in [1.807, 2.05) is 20.8 Å². The number of amides is 5. The molecule has 0 spiro atoms. The molecule has 11 nitrogen and oxygen atoms in total. The molecule has 0 rings (SSSR count). The lowest BCUT2D eigenvalue weighted by Gasteiger charge is -2.33. The SMILES string of the molecule is CC(NC(=O)[C@H](CC(=O)N(C)C)NC(=O)[C@@H](NC(=O)CC(C)(C)C)C(C)(C)C)C(O)C(=O)N(C)C. The number of likely N-dealkylation sites (N-methyl/N-ethyl adjacent to an activating group) is 1. The Hall–Kier alpha value is -2.69. The van der Waals surface area contributed by atoms with Gasteiger partial charge in [-0.3, -0.25) is 24.0 Å². The van der Waals surface area contributed by atoms with Crippen molar-refractivity contribution in [1.82, 2.24) is 25.8 Å². The van der Waals surface area contributed by atoms with Crippen molar-refractivity contribution in [3.63, 3.8) is 0 Å². The van der Waals surface area contributed by atoms with Crippen LogP contribution in [0.3, 0.4) is 0 Å². The third kappa shape index (κ3) is 11.5. The van der Waals surface area contributed by atoms with E-state index in [0.29, 0.717) is 0 Å². The molecule has 0 aliphatic heterocycles. The quantitative estimate of drug-likeness (QED) is 0.329. The van der Waals surface area contributed by atoms with Crippen LogP contribution in [0.4, 0.5) is 0 Å². The fourth-order valence-corrected chi connectivity index (χ4v) is 3.07. The summed E-state index contributed by atoms with van der Waals surface area (Å²) in [6.45, 7) is 12.5. The van der Waals surface area contributed by atoms with Crippen LogP contribution in [0.2, 0.25) is 0 Å². The van der Waals surface area contributed by atoms with E-state index in [4.69, 9.17) is 0 Å². The van der Waals surface area contributed by atoms with Crippen LogP contribution in [0, 0.1) is 10.8 Å². The molecule has 0 aliphatic carbocycles. The molecule has 11 heteroatoms. The molecule has 0 bridgehead atoms. The Morgan fingerprint density at radius 2 is 1.31 bits per heavy atom. The van der Waals surface area contributed by atoms with Crippen LogP contribution < -0.4 is 16.0 Å². The van der Waals surface area contributed by atoms with Crippen molar-refractivity contribution in [3.8, 4) is 0 Å². The molecule has 0 aromatic rings. The van der Waals surface area contributed by atoms with E-state index in [1.54, 1.807) is 20.8 Å². The molecule has 0 aliphatic rings. The van der Waals surface area contributed by atoms with Crippen LogP contribution in [-0.2, 0) is 24.0 Å². The fraction of sp³-hybridized carbons (Fsp3) is 0.792. The van der Waals surface area contributed by atoms with E-state index >= 15 is 0 Å². The highest BCUT2D eigenvalue weighted by Crippen LogP contribution is 2.22. The zero-order chi connectivity index (χ0) is 27.9. The van der Waals surface area contributed by atoms with Gasteiger partial charge in [0.1, 0.15) is 12.1 Å². The molecule has 0 saturated heterocycles. The van der Waals surface area contributed by atoms with E-state index < -0.39 is 53.3 Å². The van der Waals surface area contributed by atoms with Gasteiger partial charge in [0, 0.05) is 34.6 Å². The van der Waals surface area contributed by atoms with E-state index in [0.717, 1.165) is 0 Å². The number of aliphatic hydroxyl groups is 1. The molecule has 5 amide bonds. The van der Waals surface area contributed by atoms with Crippen LogP contribution in [-0.4, -0.2) is 96.9 Å². The third-order valence-corrected chi connectivity index (χ3v) is 5.17. The first kappa shape index (κ1) is 32.3. The maximum absolute atomic E-state index is 13.2. The van der Waals surface area contributed by atoms with Crippen molar-refractivity contribution in [2.45, 2.75) is 85.5 Å². The largest absolute Gasteiger partial charge is 0.381 e. The highest BCUT2D eigenvalue weighted by molar-refractivity contribution is 5.95. The van der Waals surface area contributed by atoms with Gasteiger partial charge in [-0.2, -0.15) is 0 Å². The van der Waals surface area contributed by atoms with Crippen LogP contribution in [0.25, 0.3) is 0 Å². The number of rotatable bonds is 10. The molecule has 0 heterocycles. The molecule has 202 valence electrons. The van der Waals surface area contributed by atoms with Gasteiger partial charge in [-0.15, -0.1) is 0 Å².